The fourth-order valence-electron chi connectivity index (χ4n) is 2.65. The summed E-state index contributed by atoms with van der Waals surface area (Å²) >= 11 is 0. The predicted molar refractivity (Wildman–Crippen MR) is 68.5 cm³/mol. The zero-order valence-corrected chi connectivity index (χ0v) is 9.70. The maximum Gasteiger partial charge on any atom is 0.166 e. The van der Waals surface area contributed by atoms with Crippen molar-refractivity contribution in [3.8, 4) is 0 Å². The Hall–Kier alpha value is -1.61. The van der Waals surface area contributed by atoms with Crippen LogP contribution in [0.25, 0.3) is 10.9 Å². The Kier molecular flexibility index (Phi) is 2.69. The van der Waals surface area contributed by atoms with Crippen LogP contribution in [-0.4, -0.2) is 24.4 Å². The summed E-state index contributed by atoms with van der Waals surface area (Å²) in [6.45, 7) is 2.21. The van der Waals surface area contributed by atoms with Crippen molar-refractivity contribution in [2.45, 2.75) is 18.8 Å². The van der Waals surface area contributed by atoms with E-state index in [1.54, 1.807) is 0 Å². The van der Waals surface area contributed by atoms with Gasteiger partial charge in [0.25, 0.3) is 0 Å². The third-order valence-corrected chi connectivity index (χ3v) is 3.60. The van der Waals surface area contributed by atoms with E-state index < -0.39 is 0 Å². The number of H-pyrrole nitrogens is 1. The lowest BCUT2D eigenvalue weighted by molar-refractivity contribution is 0.112. The van der Waals surface area contributed by atoms with Gasteiger partial charge in [0.05, 0.1) is 5.69 Å². The summed E-state index contributed by atoms with van der Waals surface area (Å²) in [4.78, 5) is 13.8. The van der Waals surface area contributed by atoms with Gasteiger partial charge in [0.15, 0.2) is 6.29 Å². The molecule has 1 saturated heterocycles. The largest absolute Gasteiger partial charge is 0.352 e. The Morgan fingerprint density at radius 1 is 1.18 bits per heavy atom. The number of aldehydes is 1. The maximum atomic E-state index is 10.7. The Morgan fingerprint density at radius 3 is 2.76 bits per heavy atom. The molecular formula is C14H16N2O. The van der Waals surface area contributed by atoms with Crippen LogP contribution in [0.5, 0.6) is 0 Å². The summed E-state index contributed by atoms with van der Waals surface area (Å²) in [5.41, 5.74) is 3.10. The minimum atomic E-state index is 0.655. The molecular weight excluding hydrogens is 212 g/mol. The van der Waals surface area contributed by atoms with Crippen LogP contribution in [-0.2, 0) is 0 Å². The highest BCUT2D eigenvalue weighted by Gasteiger charge is 2.15. The third kappa shape index (κ3) is 1.98. The molecule has 1 aliphatic rings. The molecule has 88 valence electrons. The molecule has 0 spiro atoms. The number of hydrogen-bond acceptors (Lipinski definition) is 2. The van der Waals surface area contributed by atoms with Gasteiger partial charge in [-0.25, -0.2) is 0 Å². The van der Waals surface area contributed by atoms with Crippen molar-refractivity contribution >= 4 is 17.2 Å². The van der Waals surface area contributed by atoms with Gasteiger partial charge in [-0.2, -0.15) is 0 Å². The first-order valence-electron chi connectivity index (χ1n) is 6.15. The minimum absolute atomic E-state index is 0.655. The van der Waals surface area contributed by atoms with E-state index in [0.29, 0.717) is 11.6 Å². The molecule has 17 heavy (non-hydrogen) atoms. The van der Waals surface area contributed by atoms with Gasteiger partial charge in [-0.15, -0.1) is 0 Å². The summed E-state index contributed by atoms with van der Waals surface area (Å²) in [6.07, 6.45) is 3.27. The fourth-order valence-corrected chi connectivity index (χ4v) is 2.65. The number of aromatic nitrogens is 1. The highest BCUT2D eigenvalue weighted by atomic mass is 16.1. The zero-order chi connectivity index (χ0) is 11.7. The second-order valence-corrected chi connectivity index (χ2v) is 4.71. The fraction of sp³-hybridized carbons (Fsp3) is 0.357. The molecule has 1 fully saturated rings. The van der Waals surface area contributed by atoms with Gasteiger partial charge in [0, 0.05) is 10.9 Å². The van der Waals surface area contributed by atoms with Crippen molar-refractivity contribution in [1.29, 1.82) is 0 Å². The third-order valence-electron chi connectivity index (χ3n) is 3.60. The molecule has 0 amide bonds. The maximum absolute atomic E-state index is 10.7. The van der Waals surface area contributed by atoms with E-state index in [1.807, 2.05) is 6.07 Å². The van der Waals surface area contributed by atoms with Gasteiger partial charge in [0.2, 0.25) is 0 Å². The number of piperidine rings is 1. The smallest absolute Gasteiger partial charge is 0.166 e. The average molecular weight is 228 g/mol. The van der Waals surface area contributed by atoms with E-state index in [-0.39, 0.29) is 0 Å². The predicted octanol–water partition coefficient (Wildman–Crippen LogP) is 2.45. The summed E-state index contributed by atoms with van der Waals surface area (Å²) in [5.74, 6) is 0.662. The minimum Gasteiger partial charge on any atom is -0.352 e. The number of benzene rings is 1. The van der Waals surface area contributed by atoms with Crippen molar-refractivity contribution in [2.75, 3.05) is 13.1 Å². The van der Waals surface area contributed by atoms with E-state index >= 15 is 0 Å². The first-order valence-corrected chi connectivity index (χ1v) is 6.15. The van der Waals surface area contributed by atoms with Crippen molar-refractivity contribution in [3.05, 3.63) is 35.5 Å². The van der Waals surface area contributed by atoms with Gasteiger partial charge < -0.3 is 10.3 Å². The van der Waals surface area contributed by atoms with E-state index in [1.165, 1.54) is 18.4 Å². The first-order chi connectivity index (χ1) is 8.36. The molecule has 3 rings (SSSR count). The van der Waals surface area contributed by atoms with Crippen LogP contribution in [0.3, 0.4) is 0 Å². The van der Waals surface area contributed by atoms with Crippen LogP contribution in [0.4, 0.5) is 0 Å². The van der Waals surface area contributed by atoms with Crippen LogP contribution in [0.2, 0.25) is 0 Å². The number of hydrogen-bond donors (Lipinski definition) is 2. The lowest BCUT2D eigenvalue weighted by Gasteiger charge is -2.22. The van der Waals surface area contributed by atoms with E-state index in [4.69, 9.17) is 0 Å². The molecule has 2 N–H and O–H groups in total. The number of carbonyl (C=O) groups is 1. The SMILES string of the molecule is O=Cc1cc2cc(C3CCNCC3)ccc2[nH]1. The average Bonchev–Trinajstić information content (AvgIpc) is 2.81. The molecule has 2 heterocycles. The van der Waals surface area contributed by atoms with Crippen molar-refractivity contribution < 1.29 is 4.79 Å². The second-order valence-electron chi connectivity index (χ2n) is 4.71. The van der Waals surface area contributed by atoms with E-state index in [9.17, 15) is 4.79 Å². The Morgan fingerprint density at radius 2 is 2.00 bits per heavy atom. The molecule has 0 atom stereocenters. The number of aromatic amines is 1. The Labute approximate surface area is 100 Å². The molecule has 3 heteroatoms. The van der Waals surface area contributed by atoms with Gasteiger partial charge in [-0.05, 0) is 55.6 Å². The Bertz CT molecular complexity index is 538. The summed E-state index contributed by atoms with van der Waals surface area (Å²) < 4.78 is 0. The van der Waals surface area contributed by atoms with Crippen LogP contribution in [0.15, 0.2) is 24.3 Å². The highest BCUT2D eigenvalue weighted by Crippen LogP contribution is 2.28. The Balaban J connectivity index is 1.97. The van der Waals surface area contributed by atoms with Crippen LogP contribution in [0.1, 0.15) is 34.8 Å². The number of nitrogens with one attached hydrogen (secondary N) is 2. The van der Waals surface area contributed by atoms with Crippen molar-refractivity contribution in [3.63, 3.8) is 0 Å². The standard InChI is InChI=1S/C14H16N2O/c17-9-13-8-12-7-11(1-2-14(12)16-13)10-3-5-15-6-4-10/h1-2,7-10,15-16H,3-6H2. The van der Waals surface area contributed by atoms with Crippen molar-refractivity contribution in [1.82, 2.24) is 10.3 Å². The number of rotatable bonds is 2. The summed E-state index contributed by atoms with van der Waals surface area (Å²) in [7, 11) is 0. The molecule has 3 nitrogen and oxygen atoms in total. The molecule has 0 unspecified atom stereocenters. The van der Waals surface area contributed by atoms with Gasteiger partial charge in [0.1, 0.15) is 0 Å². The van der Waals surface area contributed by atoms with Gasteiger partial charge >= 0.3 is 0 Å². The molecule has 1 aromatic heterocycles. The second kappa shape index (κ2) is 4.34. The molecule has 0 bridgehead atoms. The number of fused-ring (bicyclic) bond motifs is 1. The highest BCUT2D eigenvalue weighted by molar-refractivity contribution is 5.88. The van der Waals surface area contributed by atoms with Gasteiger partial charge in [-0.3, -0.25) is 4.79 Å². The lowest BCUT2D eigenvalue weighted by atomic mass is 9.90. The molecule has 0 saturated carbocycles. The summed E-state index contributed by atoms with van der Waals surface area (Å²) in [5, 5.41) is 4.52. The molecule has 0 radical (unpaired) electrons. The molecule has 2 aromatic rings. The molecule has 1 aromatic carbocycles. The van der Waals surface area contributed by atoms with Crippen LogP contribution >= 0.6 is 0 Å². The van der Waals surface area contributed by atoms with E-state index in [0.717, 1.165) is 30.3 Å². The quantitative estimate of drug-likeness (QED) is 0.775. The monoisotopic (exact) mass is 228 g/mol. The normalized spacial score (nSPS) is 17.4. The topological polar surface area (TPSA) is 44.9 Å². The van der Waals surface area contributed by atoms with Gasteiger partial charge in [-0.1, -0.05) is 6.07 Å². The lowest BCUT2D eigenvalue weighted by Crippen LogP contribution is -2.26. The summed E-state index contributed by atoms with van der Waals surface area (Å²) in [6, 6.07) is 8.41. The zero-order valence-electron chi connectivity index (χ0n) is 9.70. The van der Waals surface area contributed by atoms with E-state index in [2.05, 4.69) is 28.5 Å². The molecule has 0 aliphatic carbocycles. The first kappa shape index (κ1) is 10.5. The number of carbonyl (C=O) groups excluding carboxylic acids is 1. The van der Waals surface area contributed by atoms with Crippen LogP contribution in [0, 0.1) is 0 Å². The molecule has 1 aliphatic heterocycles. The van der Waals surface area contributed by atoms with Crippen molar-refractivity contribution in [2.24, 2.45) is 0 Å². The van der Waals surface area contributed by atoms with Crippen LogP contribution < -0.4 is 5.32 Å².